The highest BCUT2D eigenvalue weighted by atomic mass is 16.5. The van der Waals surface area contributed by atoms with Crippen LogP contribution in [-0.4, -0.2) is 61.6 Å². The van der Waals surface area contributed by atoms with E-state index in [9.17, 15) is 4.79 Å². The highest BCUT2D eigenvalue weighted by Gasteiger charge is 2.33. The van der Waals surface area contributed by atoms with E-state index < -0.39 is 0 Å². The molecule has 1 saturated heterocycles. The van der Waals surface area contributed by atoms with Crippen molar-refractivity contribution in [2.24, 2.45) is 0 Å². The average molecular weight is 270 g/mol. The maximum absolute atomic E-state index is 12.0. The number of carbonyl (C=O) groups excluding carboxylic acids is 1. The van der Waals surface area contributed by atoms with Gasteiger partial charge >= 0.3 is 0 Å². The van der Waals surface area contributed by atoms with Gasteiger partial charge in [0.2, 0.25) is 5.91 Å². The van der Waals surface area contributed by atoms with Crippen LogP contribution < -0.4 is 0 Å². The van der Waals surface area contributed by atoms with Gasteiger partial charge in [0.1, 0.15) is 6.61 Å². The van der Waals surface area contributed by atoms with Gasteiger partial charge in [-0.05, 0) is 40.3 Å². The molecule has 4 nitrogen and oxygen atoms in total. The smallest absolute Gasteiger partial charge is 0.248 e. The molecule has 19 heavy (non-hydrogen) atoms. The standard InChI is InChI=1S/C15H30N2O2/c1-5-6-7-12-19-13-14(18)17-10-8-15(2,9-11-17)16(3)4/h5-13H2,1-4H3. The molecule has 1 amide bonds. The van der Waals surface area contributed by atoms with Crippen LogP contribution in [0.3, 0.4) is 0 Å². The summed E-state index contributed by atoms with van der Waals surface area (Å²) in [5, 5.41) is 0. The second kappa shape index (κ2) is 7.85. The number of amides is 1. The maximum Gasteiger partial charge on any atom is 0.248 e. The van der Waals surface area contributed by atoms with E-state index in [2.05, 4.69) is 32.8 Å². The van der Waals surface area contributed by atoms with Crippen LogP contribution in [0.4, 0.5) is 0 Å². The first-order valence-corrected chi connectivity index (χ1v) is 7.52. The summed E-state index contributed by atoms with van der Waals surface area (Å²) in [5.41, 5.74) is 0.235. The Hall–Kier alpha value is -0.610. The minimum atomic E-state index is 0.150. The van der Waals surface area contributed by atoms with Gasteiger partial charge < -0.3 is 14.5 Å². The van der Waals surface area contributed by atoms with Crippen LogP contribution in [0.5, 0.6) is 0 Å². The minimum absolute atomic E-state index is 0.150. The third-order valence-electron chi connectivity index (χ3n) is 4.39. The Morgan fingerprint density at radius 1 is 1.26 bits per heavy atom. The number of piperidine rings is 1. The minimum Gasteiger partial charge on any atom is -0.372 e. The lowest BCUT2D eigenvalue weighted by molar-refractivity contribution is -0.138. The molecule has 1 aliphatic heterocycles. The fourth-order valence-corrected chi connectivity index (χ4v) is 2.39. The molecule has 0 aromatic heterocycles. The summed E-state index contributed by atoms with van der Waals surface area (Å²) in [5.74, 6) is 0.150. The van der Waals surface area contributed by atoms with Gasteiger partial charge in [0, 0.05) is 25.2 Å². The molecular formula is C15H30N2O2. The molecule has 112 valence electrons. The summed E-state index contributed by atoms with van der Waals surface area (Å²) in [6.07, 6.45) is 5.51. The number of carbonyl (C=O) groups is 1. The zero-order valence-corrected chi connectivity index (χ0v) is 13.1. The van der Waals surface area contributed by atoms with Gasteiger partial charge in [0.15, 0.2) is 0 Å². The Labute approximate surface area is 118 Å². The van der Waals surface area contributed by atoms with Crippen molar-refractivity contribution in [1.29, 1.82) is 0 Å². The van der Waals surface area contributed by atoms with Crippen molar-refractivity contribution in [3.05, 3.63) is 0 Å². The SMILES string of the molecule is CCCCCOCC(=O)N1CCC(C)(N(C)C)CC1. The van der Waals surface area contributed by atoms with Crippen molar-refractivity contribution in [3.8, 4) is 0 Å². The molecule has 1 fully saturated rings. The fourth-order valence-electron chi connectivity index (χ4n) is 2.39. The summed E-state index contributed by atoms with van der Waals surface area (Å²) < 4.78 is 5.45. The van der Waals surface area contributed by atoms with Crippen LogP contribution in [0, 0.1) is 0 Å². The summed E-state index contributed by atoms with van der Waals surface area (Å²) in [7, 11) is 4.24. The summed E-state index contributed by atoms with van der Waals surface area (Å²) in [6.45, 7) is 7.11. The van der Waals surface area contributed by atoms with E-state index in [0.717, 1.165) is 32.4 Å². The first kappa shape index (κ1) is 16.4. The van der Waals surface area contributed by atoms with E-state index >= 15 is 0 Å². The molecule has 0 saturated carbocycles. The van der Waals surface area contributed by atoms with Crippen LogP contribution >= 0.6 is 0 Å². The summed E-state index contributed by atoms with van der Waals surface area (Å²) in [4.78, 5) is 16.2. The van der Waals surface area contributed by atoms with Crippen molar-refractivity contribution in [1.82, 2.24) is 9.80 Å². The molecule has 0 aromatic rings. The molecule has 0 aliphatic carbocycles. The number of rotatable bonds is 7. The molecule has 0 bridgehead atoms. The third kappa shape index (κ3) is 5.11. The van der Waals surface area contributed by atoms with E-state index in [4.69, 9.17) is 4.74 Å². The number of likely N-dealkylation sites (tertiary alicyclic amines) is 1. The summed E-state index contributed by atoms with van der Waals surface area (Å²) >= 11 is 0. The Bertz CT molecular complexity index is 271. The van der Waals surface area contributed by atoms with Gasteiger partial charge in [0.25, 0.3) is 0 Å². The van der Waals surface area contributed by atoms with E-state index in [1.165, 1.54) is 12.8 Å². The van der Waals surface area contributed by atoms with Gasteiger partial charge in [-0.1, -0.05) is 19.8 Å². The van der Waals surface area contributed by atoms with Crippen LogP contribution in [0.1, 0.15) is 46.0 Å². The number of hydrogen-bond donors (Lipinski definition) is 0. The van der Waals surface area contributed by atoms with Crippen molar-refractivity contribution < 1.29 is 9.53 Å². The number of hydrogen-bond acceptors (Lipinski definition) is 3. The number of nitrogens with zero attached hydrogens (tertiary/aromatic N) is 2. The molecule has 1 rings (SSSR count). The van der Waals surface area contributed by atoms with E-state index in [1.54, 1.807) is 0 Å². The van der Waals surface area contributed by atoms with E-state index in [-0.39, 0.29) is 18.1 Å². The molecule has 1 heterocycles. The second-order valence-electron chi connectivity index (χ2n) is 6.03. The van der Waals surface area contributed by atoms with E-state index in [0.29, 0.717) is 6.61 Å². The molecule has 0 radical (unpaired) electrons. The topological polar surface area (TPSA) is 32.8 Å². The fraction of sp³-hybridized carbons (Fsp3) is 0.933. The van der Waals surface area contributed by atoms with Gasteiger partial charge in [0.05, 0.1) is 0 Å². The normalized spacial score (nSPS) is 18.9. The summed E-state index contributed by atoms with van der Waals surface area (Å²) in [6, 6.07) is 0. The third-order valence-corrected chi connectivity index (χ3v) is 4.39. The van der Waals surface area contributed by atoms with Crippen molar-refractivity contribution in [2.75, 3.05) is 40.4 Å². The first-order chi connectivity index (χ1) is 8.99. The molecule has 0 unspecified atom stereocenters. The number of unbranched alkanes of at least 4 members (excludes halogenated alkanes) is 2. The van der Waals surface area contributed by atoms with Crippen molar-refractivity contribution >= 4 is 5.91 Å². The molecule has 0 atom stereocenters. The second-order valence-corrected chi connectivity index (χ2v) is 6.03. The predicted molar refractivity (Wildman–Crippen MR) is 78.3 cm³/mol. The molecule has 0 spiro atoms. The molecule has 4 heteroatoms. The van der Waals surface area contributed by atoms with Gasteiger partial charge in [-0.25, -0.2) is 0 Å². The lowest BCUT2D eigenvalue weighted by Gasteiger charge is -2.43. The quantitative estimate of drug-likeness (QED) is 0.664. The highest BCUT2D eigenvalue weighted by Crippen LogP contribution is 2.26. The van der Waals surface area contributed by atoms with Crippen LogP contribution in [0.2, 0.25) is 0 Å². The zero-order valence-electron chi connectivity index (χ0n) is 13.1. The molecule has 0 N–H and O–H groups in total. The monoisotopic (exact) mass is 270 g/mol. The number of ether oxygens (including phenoxy) is 1. The van der Waals surface area contributed by atoms with E-state index in [1.807, 2.05) is 4.90 Å². The van der Waals surface area contributed by atoms with Gasteiger partial charge in [-0.3, -0.25) is 4.79 Å². The average Bonchev–Trinajstić information content (AvgIpc) is 2.39. The lowest BCUT2D eigenvalue weighted by Crippen LogP contribution is -2.52. The Balaban J connectivity index is 2.22. The van der Waals surface area contributed by atoms with Crippen molar-refractivity contribution in [3.63, 3.8) is 0 Å². The first-order valence-electron chi connectivity index (χ1n) is 7.52. The molecule has 0 aromatic carbocycles. The van der Waals surface area contributed by atoms with Gasteiger partial charge in [-0.15, -0.1) is 0 Å². The molecule has 1 aliphatic rings. The maximum atomic E-state index is 12.0. The lowest BCUT2D eigenvalue weighted by atomic mass is 9.88. The molecular weight excluding hydrogens is 240 g/mol. The zero-order chi connectivity index (χ0) is 14.3. The highest BCUT2D eigenvalue weighted by molar-refractivity contribution is 5.77. The Morgan fingerprint density at radius 2 is 1.89 bits per heavy atom. The Kier molecular flexibility index (Phi) is 6.80. The van der Waals surface area contributed by atoms with Gasteiger partial charge in [-0.2, -0.15) is 0 Å². The van der Waals surface area contributed by atoms with Crippen LogP contribution in [-0.2, 0) is 9.53 Å². The van der Waals surface area contributed by atoms with Crippen molar-refractivity contribution in [2.45, 2.75) is 51.5 Å². The largest absolute Gasteiger partial charge is 0.372 e. The van der Waals surface area contributed by atoms with Crippen LogP contribution in [0.15, 0.2) is 0 Å². The predicted octanol–water partition coefficient (Wildman–Crippen LogP) is 2.14. The van der Waals surface area contributed by atoms with Crippen LogP contribution in [0.25, 0.3) is 0 Å². The Morgan fingerprint density at radius 3 is 2.42 bits per heavy atom.